The summed E-state index contributed by atoms with van der Waals surface area (Å²) in [5.41, 5.74) is 3.11. The van der Waals surface area contributed by atoms with Gasteiger partial charge in [0.05, 0.1) is 17.8 Å². The molecule has 3 unspecified atom stereocenters. The van der Waals surface area contributed by atoms with Crippen LogP contribution in [0.1, 0.15) is 72.5 Å². The fraction of sp³-hybridized carbons (Fsp3) is 0.420. The summed E-state index contributed by atoms with van der Waals surface area (Å²) < 4.78 is 13.9. The summed E-state index contributed by atoms with van der Waals surface area (Å²) in [5, 5.41) is 20.6. The first kappa shape index (κ1) is 46.5. The zero-order chi connectivity index (χ0) is 47.5. The van der Waals surface area contributed by atoms with Crippen LogP contribution < -0.4 is 35.9 Å². The van der Waals surface area contributed by atoms with E-state index in [0.29, 0.717) is 58.2 Å². The number of imide groups is 1. The van der Waals surface area contributed by atoms with E-state index in [2.05, 4.69) is 30.7 Å². The molecule has 68 heavy (non-hydrogen) atoms. The van der Waals surface area contributed by atoms with Crippen molar-refractivity contribution in [1.82, 2.24) is 35.0 Å². The molecular formula is C50H56ClN9O8. The van der Waals surface area contributed by atoms with Crippen LogP contribution in [0.4, 0.5) is 17.5 Å². The largest absolute Gasteiger partial charge is 0.490 e. The Bertz CT molecular complexity index is 2760. The molecule has 356 valence electrons. The van der Waals surface area contributed by atoms with E-state index in [1.807, 2.05) is 54.6 Å². The molecule has 6 heterocycles. The third-order valence-electron chi connectivity index (χ3n) is 13.9. The Morgan fingerprint density at radius 2 is 1.69 bits per heavy atom. The number of hydrogen-bond acceptors (Lipinski definition) is 13. The van der Waals surface area contributed by atoms with E-state index < -0.39 is 18.1 Å². The van der Waals surface area contributed by atoms with Gasteiger partial charge in [0.1, 0.15) is 22.9 Å². The lowest BCUT2D eigenvalue weighted by Gasteiger charge is -2.42. The standard InChI is InChI=1S/C50H56ClN9O8/c1-52-44(63)29-67-42-26-33-25-35(9-11-39(33)57(2)49(42)66)54-46-38(51)27-53-50(56-46)59-22-16-31(17-23-59)45(68-36-6-4-3-5-7-36)30-14-19-58(20-15-30)21-18-41(61)32-8-10-37-34(24-32)28-60(48(37)65)40-12-13-43(62)55-47(40)64/h3-11,24-27,30-31,40-41,45,61H,12-23,28-29H2,1-2H3,(H,52,63)(H,53,54,56)(H,55,62,64). The molecule has 5 aromatic rings. The highest BCUT2D eigenvalue weighted by molar-refractivity contribution is 6.33. The Labute approximate surface area is 398 Å². The Balaban J connectivity index is 0.802. The van der Waals surface area contributed by atoms with Crippen molar-refractivity contribution in [3.05, 3.63) is 111 Å². The summed E-state index contributed by atoms with van der Waals surface area (Å²) >= 11 is 6.65. The Kier molecular flexibility index (Phi) is 13.9. The van der Waals surface area contributed by atoms with E-state index in [0.717, 1.165) is 80.7 Å². The van der Waals surface area contributed by atoms with Crippen molar-refractivity contribution in [3.63, 3.8) is 0 Å². The molecule has 9 rings (SSSR count). The molecule has 0 spiro atoms. The topological polar surface area (TPSA) is 201 Å². The van der Waals surface area contributed by atoms with Gasteiger partial charge in [0.25, 0.3) is 17.4 Å². The minimum absolute atomic E-state index is 0.0200. The van der Waals surface area contributed by atoms with Crippen molar-refractivity contribution < 1.29 is 33.8 Å². The van der Waals surface area contributed by atoms with Crippen LogP contribution in [0.25, 0.3) is 10.9 Å². The number of likely N-dealkylation sites (tertiary alicyclic amines) is 1. The molecule has 4 aliphatic rings. The van der Waals surface area contributed by atoms with Gasteiger partial charge in [-0.25, -0.2) is 4.98 Å². The number of aryl methyl sites for hydroxylation is 1. The van der Waals surface area contributed by atoms with Gasteiger partial charge >= 0.3 is 0 Å². The number of anilines is 3. The number of pyridine rings is 1. The number of halogens is 1. The fourth-order valence-electron chi connectivity index (χ4n) is 10.0. The van der Waals surface area contributed by atoms with Crippen LogP contribution >= 0.6 is 11.6 Å². The van der Waals surface area contributed by atoms with Crippen molar-refractivity contribution >= 4 is 63.6 Å². The molecule has 0 aliphatic carbocycles. The maximum absolute atomic E-state index is 13.2. The third-order valence-corrected chi connectivity index (χ3v) is 14.1. The lowest BCUT2D eigenvalue weighted by atomic mass is 9.79. The average Bonchev–Trinajstić information content (AvgIpc) is 3.68. The molecule has 4 N–H and O–H groups in total. The number of aromatic nitrogens is 3. The molecule has 4 aliphatic heterocycles. The first-order chi connectivity index (χ1) is 32.9. The number of hydrogen-bond donors (Lipinski definition) is 4. The highest BCUT2D eigenvalue weighted by Crippen LogP contribution is 2.36. The summed E-state index contributed by atoms with van der Waals surface area (Å²) in [6.07, 6.45) is 5.69. The van der Waals surface area contributed by atoms with Gasteiger partial charge in [0, 0.05) is 63.3 Å². The number of piperidine rings is 3. The highest BCUT2D eigenvalue weighted by atomic mass is 35.5. The number of ether oxygens (including phenoxy) is 2. The maximum Gasteiger partial charge on any atom is 0.293 e. The number of carbonyl (C=O) groups excluding carboxylic acids is 4. The number of carbonyl (C=O) groups is 4. The molecule has 3 saturated heterocycles. The highest BCUT2D eigenvalue weighted by Gasteiger charge is 2.40. The average molecular weight is 947 g/mol. The van der Waals surface area contributed by atoms with Gasteiger partial charge in [0.2, 0.25) is 17.8 Å². The van der Waals surface area contributed by atoms with E-state index in [4.69, 9.17) is 26.1 Å². The number of amides is 4. The van der Waals surface area contributed by atoms with Crippen molar-refractivity contribution in [3.8, 4) is 11.5 Å². The van der Waals surface area contributed by atoms with Crippen LogP contribution in [-0.4, -0.2) is 112 Å². The number of likely N-dealkylation sites (N-methyl/N-ethyl adjacent to an activating group) is 1. The third kappa shape index (κ3) is 10.1. The molecule has 0 radical (unpaired) electrons. The van der Waals surface area contributed by atoms with Gasteiger partial charge in [0.15, 0.2) is 18.2 Å². The molecule has 17 nitrogen and oxygen atoms in total. The number of benzene rings is 3. The number of aliphatic hydroxyl groups is 1. The van der Waals surface area contributed by atoms with Gasteiger partial charge in [-0.2, -0.15) is 4.98 Å². The normalized spacial score (nSPS) is 19.1. The number of rotatable bonds is 15. The molecule has 3 aromatic carbocycles. The van der Waals surface area contributed by atoms with Crippen molar-refractivity contribution in [1.29, 1.82) is 0 Å². The molecule has 3 fully saturated rings. The summed E-state index contributed by atoms with van der Waals surface area (Å²) in [4.78, 5) is 77.7. The minimum atomic E-state index is -0.706. The van der Waals surface area contributed by atoms with Crippen molar-refractivity contribution in [2.45, 2.75) is 69.7 Å². The smallest absolute Gasteiger partial charge is 0.293 e. The van der Waals surface area contributed by atoms with Crippen LogP contribution in [0.5, 0.6) is 11.5 Å². The zero-order valence-corrected chi connectivity index (χ0v) is 38.9. The fourth-order valence-corrected chi connectivity index (χ4v) is 10.2. The number of fused-ring (bicyclic) bond motifs is 2. The second kappa shape index (κ2) is 20.3. The van der Waals surface area contributed by atoms with E-state index in [-0.39, 0.29) is 54.7 Å². The molecule has 2 aromatic heterocycles. The first-order valence-corrected chi connectivity index (χ1v) is 23.7. The van der Waals surface area contributed by atoms with Crippen LogP contribution in [0.3, 0.4) is 0 Å². The maximum atomic E-state index is 13.2. The second-order valence-electron chi connectivity index (χ2n) is 18.1. The van der Waals surface area contributed by atoms with Crippen molar-refractivity contribution in [2.75, 3.05) is 56.6 Å². The van der Waals surface area contributed by atoms with Crippen LogP contribution in [-0.2, 0) is 28.0 Å². The number of aliphatic hydroxyl groups excluding tert-OH is 1. The SMILES string of the molecule is CNC(=O)COc1cc2cc(Nc3nc(N4CCC(C(Oc5ccccc5)C5CCN(CCC(O)c6ccc7c(c6)CN(C6CCC(=O)NC6=O)C7=O)CC5)CC4)ncc3Cl)ccc2n(C)c1=O. The first-order valence-electron chi connectivity index (χ1n) is 23.3. The lowest BCUT2D eigenvalue weighted by molar-refractivity contribution is -0.137. The quantitative estimate of drug-likeness (QED) is 0.101. The van der Waals surface area contributed by atoms with Gasteiger partial charge < -0.3 is 44.5 Å². The summed E-state index contributed by atoms with van der Waals surface area (Å²) in [7, 11) is 3.16. The Morgan fingerprint density at radius 1 is 0.941 bits per heavy atom. The molecule has 4 amide bonds. The predicted octanol–water partition coefficient (Wildman–Crippen LogP) is 5.11. The van der Waals surface area contributed by atoms with E-state index in [1.54, 1.807) is 31.4 Å². The monoisotopic (exact) mass is 945 g/mol. The summed E-state index contributed by atoms with van der Waals surface area (Å²) in [5.74, 6) is 1.28. The van der Waals surface area contributed by atoms with E-state index in [1.165, 1.54) is 16.5 Å². The predicted molar refractivity (Wildman–Crippen MR) is 256 cm³/mol. The molecule has 18 heteroatoms. The van der Waals surface area contributed by atoms with Crippen LogP contribution in [0.2, 0.25) is 5.02 Å². The lowest BCUT2D eigenvalue weighted by Crippen LogP contribution is -2.52. The minimum Gasteiger partial charge on any atom is -0.490 e. The number of nitrogens with zero attached hydrogens (tertiary/aromatic N) is 6. The van der Waals surface area contributed by atoms with E-state index >= 15 is 0 Å². The van der Waals surface area contributed by atoms with Crippen LogP contribution in [0.15, 0.2) is 83.8 Å². The Hall–Kier alpha value is -6.56. The van der Waals surface area contributed by atoms with Gasteiger partial charge in [-0.1, -0.05) is 41.9 Å². The van der Waals surface area contributed by atoms with Crippen LogP contribution in [0, 0.1) is 11.8 Å². The molecule has 3 atom stereocenters. The number of para-hydroxylation sites is 1. The summed E-state index contributed by atoms with van der Waals surface area (Å²) in [6, 6.07) is 22.0. The molecule has 0 bridgehead atoms. The number of nitrogens with one attached hydrogen (secondary N) is 3. The summed E-state index contributed by atoms with van der Waals surface area (Å²) in [6.45, 7) is 3.99. The second-order valence-corrected chi connectivity index (χ2v) is 18.5. The van der Waals surface area contributed by atoms with Crippen molar-refractivity contribution in [2.24, 2.45) is 18.9 Å². The van der Waals surface area contributed by atoms with Gasteiger partial charge in [-0.15, -0.1) is 0 Å². The molecular weight excluding hydrogens is 890 g/mol. The molecule has 0 saturated carbocycles. The zero-order valence-electron chi connectivity index (χ0n) is 38.2. The van der Waals surface area contributed by atoms with Gasteiger partial charge in [-0.3, -0.25) is 29.3 Å². The Morgan fingerprint density at radius 3 is 2.43 bits per heavy atom. The van der Waals surface area contributed by atoms with E-state index in [9.17, 15) is 29.1 Å². The van der Waals surface area contributed by atoms with Gasteiger partial charge in [-0.05, 0) is 117 Å².